The molecule has 118 valence electrons. The van der Waals surface area contributed by atoms with Gasteiger partial charge in [-0.05, 0) is 44.0 Å². The lowest BCUT2D eigenvalue weighted by molar-refractivity contribution is -0.127. The van der Waals surface area contributed by atoms with Crippen molar-refractivity contribution in [3.05, 3.63) is 29.8 Å². The fourth-order valence-electron chi connectivity index (χ4n) is 2.17. The van der Waals surface area contributed by atoms with Crippen molar-refractivity contribution >= 4 is 5.91 Å². The van der Waals surface area contributed by atoms with Crippen molar-refractivity contribution in [2.75, 3.05) is 13.1 Å². The summed E-state index contributed by atoms with van der Waals surface area (Å²) in [4.78, 5) is 11.8. The quantitative estimate of drug-likeness (QED) is 0.735. The Balaban J connectivity index is 2.59. The topological polar surface area (TPSA) is 50.4 Å². The first-order valence-corrected chi connectivity index (χ1v) is 7.90. The van der Waals surface area contributed by atoms with Gasteiger partial charge in [-0.15, -0.1) is 0 Å². The Morgan fingerprint density at radius 2 is 1.86 bits per heavy atom. The Hall–Kier alpha value is -1.55. The van der Waals surface area contributed by atoms with Crippen LogP contribution in [0, 0.1) is 0 Å². The number of benzene rings is 1. The van der Waals surface area contributed by atoms with Gasteiger partial charge >= 0.3 is 0 Å². The summed E-state index contributed by atoms with van der Waals surface area (Å²) in [6.07, 6.45) is 1.50. The number of nitrogens with one attached hydrogen (secondary N) is 2. The molecule has 1 aromatic carbocycles. The summed E-state index contributed by atoms with van der Waals surface area (Å²) in [5.74, 6) is 0.657. The van der Waals surface area contributed by atoms with Gasteiger partial charge in [-0.25, -0.2) is 0 Å². The third-order valence-electron chi connectivity index (χ3n) is 3.37. The van der Waals surface area contributed by atoms with Gasteiger partial charge in [0.15, 0.2) is 6.10 Å². The molecule has 1 aromatic rings. The van der Waals surface area contributed by atoms with E-state index >= 15 is 0 Å². The van der Waals surface area contributed by atoms with Crippen molar-refractivity contribution in [2.45, 2.75) is 52.7 Å². The first kappa shape index (κ1) is 17.5. The molecule has 0 aliphatic heterocycles. The molecule has 0 aromatic heterocycles. The van der Waals surface area contributed by atoms with Gasteiger partial charge in [0.1, 0.15) is 5.75 Å². The number of hydrogen-bond donors (Lipinski definition) is 2. The Kier molecular flexibility index (Phi) is 7.83. The van der Waals surface area contributed by atoms with Gasteiger partial charge in [-0.3, -0.25) is 4.79 Å². The molecule has 2 atom stereocenters. The first-order valence-electron chi connectivity index (χ1n) is 7.90. The molecule has 0 aliphatic carbocycles. The van der Waals surface area contributed by atoms with E-state index in [1.54, 1.807) is 6.92 Å². The van der Waals surface area contributed by atoms with E-state index in [2.05, 4.69) is 36.6 Å². The highest BCUT2D eigenvalue weighted by molar-refractivity contribution is 5.80. The van der Waals surface area contributed by atoms with E-state index in [1.165, 1.54) is 5.56 Å². The van der Waals surface area contributed by atoms with Crippen LogP contribution in [-0.2, 0) is 4.79 Å². The van der Waals surface area contributed by atoms with Crippen LogP contribution in [0.1, 0.15) is 52.1 Å². The van der Waals surface area contributed by atoms with E-state index in [0.717, 1.165) is 25.1 Å². The third kappa shape index (κ3) is 5.76. The Bertz CT molecular complexity index is 417. The van der Waals surface area contributed by atoms with Crippen LogP contribution in [0.25, 0.3) is 0 Å². The highest BCUT2D eigenvalue weighted by atomic mass is 16.5. The second kappa shape index (κ2) is 9.40. The molecular formula is C17H28N2O2. The summed E-state index contributed by atoms with van der Waals surface area (Å²) >= 11 is 0. The molecule has 4 nitrogen and oxygen atoms in total. The van der Waals surface area contributed by atoms with E-state index in [4.69, 9.17) is 4.74 Å². The van der Waals surface area contributed by atoms with Crippen LogP contribution in [-0.4, -0.2) is 25.1 Å². The van der Waals surface area contributed by atoms with Crippen LogP contribution in [0.4, 0.5) is 0 Å². The maximum absolute atomic E-state index is 11.8. The van der Waals surface area contributed by atoms with Gasteiger partial charge in [0, 0.05) is 12.6 Å². The predicted octanol–water partition coefficient (Wildman–Crippen LogP) is 3.04. The van der Waals surface area contributed by atoms with Crippen molar-refractivity contribution in [3.63, 3.8) is 0 Å². The molecule has 2 N–H and O–H groups in total. The van der Waals surface area contributed by atoms with Crippen molar-refractivity contribution in [2.24, 2.45) is 0 Å². The number of carbonyl (C=O) groups excluding carboxylic acids is 1. The minimum atomic E-state index is -0.474. The SMILES string of the molecule is CCCNC(=O)C(C)Oc1ccc(C(CC)NCC)cc1. The standard InChI is InChI=1S/C17H28N2O2/c1-5-12-19-17(20)13(4)21-15-10-8-14(9-11-15)16(6-2)18-7-3/h8-11,13,16,18H,5-7,12H2,1-4H3,(H,19,20). The molecule has 4 heteroatoms. The summed E-state index contributed by atoms with van der Waals surface area (Å²) in [6, 6.07) is 8.35. The van der Waals surface area contributed by atoms with Gasteiger partial charge < -0.3 is 15.4 Å². The predicted molar refractivity (Wildman–Crippen MR) is 86.5 cm³/mol. The molecule has 0 heterocycles. The normalized spacial score (nSPS) is 13.5. The molecule has 0 saturated carbocycles. The fraction of sp³-hybridized carbons (Fsp3) is 0.588. The zero-order chi connectivity index (χ0) is 15.7. The maximum atomic E-state index is 11.8. The average Bonchev–Trinajstić information content (AvgIpc) is 2.51. The first-order chi connectivity index (χ1) is 10.1. The summed E-state index contributed by atoms with van der Waals surface area (Å²) in [7, 11) is 0. The largest absolute Gasteiger partial charge is 0.481 e. The minimum Gasteiger partial charge on any atom is -0.481 e. The molecule has 0 radical (unpaired) electrons. The van der Waals surface area contributed by atoms with Crippen molar-refractivity contribution in [3.8, 4) is 5.75 Å². The summed E-state index contributed by atoms with van der Waals surface area (Å²) in [5, 5.41) is 6.28. The van der Waals surface area contributed by atoms with E-state index in [0.29, 0.717) is 12.6 Å². The van der Waals surface area contributed by atoms with Gasteiger partial charge in [0.05, 0.1) is 0 Å². The Morgan fingerprint density at radius 3 is 2.38 bits per heavy atom. The number of amides is 1. The number of hydrogen-bond acceptors (Lipinski definition) is 3. The second-order valence-corrected chi connectivity index (χ2v) is 5.14. The number of rotatable bonds is 9. The van der Waals surface area contributed by atoms with Crippen LogP contribution >= 0.6 is 0 Å². The lowest BCUT2D eigenvalue weighted by Crippen LogP contribution is -2.36. The molecule has 1 amide bonds. The molecule has 21 heavy (non-hydrogen) atoms. The number of ether oxygens (including phenoxy) is 1. The molecule has 0 fully saturated rings. The van der Waals surface area contributed by atoms with Gasteiger partial charge in [-0.2, -0.15) is 0 Å². The third-order valence-corrected chi connectivity index (χ3v) is 3.37. The van der Waals surface area contributed by atoms with Gasteiger partial charge in [-0.1, -0.05) is 32.9 Å². The van der Waals surface area contributed by atoms with Gasteiger partial charge in [0.2, 0.25) is 0 Å². The van der Waals surface area contributed by atoms with Crippen molar-refractivity contribution in [1.29, 1.82) is 0 Å². The number of carbonyl (C=O) groups is 1. The Labute approximate surface area is 128 Å². The maximum Gasteiger partial charge on any atom is 0.260 e. The summed E-state index contributed by atoms with van der Waals surface area (Å²) in [6.45, 7) is 9.71. The molecule has 0 aliphatic rings. The highest BCUT2D eigenvalue weighted by Crippen LogP contribution is 2.20. The van der Waals surface area contributed by atoms with Crippen molar-refractivity contribution in [1.82, 2.24) is 10.6 Å². The Morgan fingerprint density at radius 1 is 1.19 bits per heavy atom. The van der Waals surface area contributed by atoms with E-state index in [9.17, 15) is 4.79 Å². The van der Waals surface area contributed by atoms with Crippen LogP contribution in [0.2, 0.25) is 0 Å². The zero-order valence-corrected chi connectivity index (χ0v) is 13.6. The van der Waals surface area contributed by atoms with Crippen LogP contribution in [0.3, 0.4) is 0 Å². The van der Waals surface area contributed by atoms with E-state index < -0.39 is 6.10 Å². The van der Waals surface area contributed by atoms with Crippen LogP contribution in [0.15, 0.2) is 24.3 Å². The smallest absolute Gasteiger partial charge is 0.260 e. The highest BCUT2D eigenvalue weighted by Gasteiger charge is 2.14. The summed E-state index contributed by atoms with van der Waals surface area (Å²) in [5.41, 5.74) is 1.25. The lowest BCUT2D eigenvalue weighted by Gasteiger charge is -2.18. The molecule has 0 saturated heterocycles. The van der Waals surface area contributed by atoms with E-state index in [-0.39, 0.29) is 5.91 Å². The van der Waals surface area contributed by atoms with Crippen LogP contribution < -0.4 is 15.4 Å². The van der Waals surface area contributed by atoms with E-state index in [1.807, 2.05) is 19.1 Å². The molecular weight excluding hydrogens is 264 g/mol. The van der Waals surface area contributed by atoms with Crippen LogP contribution in [0.5, 0.6) is 5.75 Å². The molecule has 2 unspecified atom stereocenters. The zero-order valence-electron chi connectivity index (χ0n) is 13.6. The van der Waals surface area contributed by atoms with Gasteiger partial charge in [0.25, 0.3) is 5.91 Å². The van der Waals surface area contributed by atoms with Crippen molar-refractivity contribution < 1.29 is 9.53 Å². The summed E-state index contributed by atoms with van der Waals surface area (Å²) < 4.78 is 5.67. The molecule has 0 spiro atoms. The monoisotopic (exact) mass is 292 g/mol. The average molecular weight is 292 g/mol. The molecule has 1 rings (SSSR count). The molecule has 0 bridgehead atoms. The second-order valence-electron chi connectivity index (χ2n) is 5.14. The fourth-order valence-corrected chi connectivity index (χ4v) is 2.17. The minimum absolute atomic E-state index is 0.0694. The lowest BCUT2D eigenvalue weighted by atomic mass is 10.0.